The van der Waals surface area contributed by atoms with Crippen molar-refractivity contribution in [2.75, 3.05) is 42.9 Å². The number of rotatable bonds is 3. The number of hydrogen-bond donors (Lipinski definition) is 1. The van der Waals surface area contributed by atoms with E-state index in [1.165, 1.54) is 23.3 Å². The lowest BCUT2D eigenvalue weighted by Gasteiger charge is -2.37. The van der Waals surface area contributed by atoms with Crippen molar-refractivity contribution in [3.63, 3.8) is 0 Å². The minimum Gasteiger partial charge on any atom is -0.348 e. The molecule has 0 bridgehead atoms. The summed E-state index contributed by atoms with van der Waals surface area (Å²) in [4.78, 5) is 38.0. The molecule has 0 saturated carbocycles. The molecule has 2 saturated heterocycles. The van der Waals surface area contributed by atoms with Gasteiger partial charge in [-0.3, -0.25) is 4.79 Å². The summed E-state index contributed by atoms with van der Waals surface area (Å²) in [5.41, 5.74) is 2.96. The summed E-state index contributed by atoms with van der Waals surface area (Å²) < 4.78 is 0. The van der Waals surface area contributed by atoms with Gasteiger partial charge in [-0.15, -0.1) is 0 Å². The van der Waals surface area contributed by atoms with Gasteiger partial charge in [-0.2, -0.15) is 0 Å². The number of amides is 3. The second kappa shape index (κ2) is 9.56. The number of hydrogen-bond acceptors (Lipinski definition) is 5. The van der Waals surface area contributed by atoms with Gasteiger partial charge in [0.15, 0.2) is 5.13 Å². The number of urea groups is 1. The number of aryl methyl sites for hydroxylation is 1. The molecule has 7 nitrogen and oxygen atoms in total. The molecule has 4 heterocycles. The first-order valence-electron chi connectivity index (χ1n) is 12.6. The number of thiazole rings is 1. The molecule has 1 N–H and O–H groups in total. The van der Waals surface area contributed by atoms with Crippen LogP contribution in [-0.2, 0) is 6.42 Å². The number of likely N-dealkylation sites (tertiary alicyclic amines) is 1. The number of anilines is 2. The van der Waals surface area contributed by atoms with Crippen LogP contribution in [0.3, 0.4) is 0 Å². The van der Waals surface area contributed by atoms with E-state index in [4.69, 9.17) is 4.98 Å². The number of benzene rings is 1. The monoisotopic (exact) mass is 481 g/mol. The number of aromatic nitrogens is 1. The topological polar surface area (TPSA) is 68.8 Å². The standard InChI is InChI=1S/C26H35N5O2S/c1-17-14-18(2)16-30(15-17)24(32)23-19(3)27-26(34-23)29-11-9-21(10-12-29)31-13-8-20-6-4-5-7-22(20)28-25(31)33/h4-7,17-18,21H,8-16H2,1-3H3,(H,28,33). The Morgan fingerprint density at radius 1 is 1.09 bits per heavy atom. The summed E-state index contributed by atoms with van der Waals surface area (Å²) in [6, 6.07) is 8.30. The molecule has 0 spiro atoms. The normalized spacial score (nSPS) is 24.0. The third-order valence-electron chi connectivity index (χ3n) is 7.45. The van der Waals surface area contributed by atoms with Crippen molar-refractivity contribution in [3.8, 4) is 0 Å². The number of carbonyl (C=O) groups excluding carboxylic acids is 2. The minimum atomic E-state index is 0.00589. The van der Waals surface area contributed by atoms with Crippen LogP contribution in [-0.4, -0.2) is 65.5 Å². The third-order valence-corrected chi connectivity index (χ3v) is 8.66. The Kier molecular flexibility index (Phi) is 6.51. The first-order valence-corrected chi connectivity index (χ1v) is 13.4. The molecule has 1 aromatic heterocycles. The van der Waals surface area contributed by atoms with Gasteiger partial charge in [0.1, 0.15) is 4.88 Å². The van der Waals surface area contributed by atoms with E-state index in [1.807, 2.05) is 34.9 Å². The predicted octanol–water partition coefficient (Wildman–Crippen LogP) is 4.63. The van der Waals surface area contributed by atoms with Crippen LogP contribution in [0, 0.1) is 18.8 Å². The second-order valence-electron chi connectivity index (χ2n) is 10.3. The Morgan fingerprint density at radius 3 is 2.53 bits per heavy atom. The fourth-order valence-corrected chi connectivity index (χ4v) is 6.88. The third kappa shape index (κ3) is 4.65. The maximum atomic E-state index is 13.3. The second-order valence-corrected chi connectivity index (χ2v) is 11.3. The molecular weight excluding hydrogens is 446 g/mol. The van der Waals surface area contributed by atoms with Gasteiger partial charge in [0.2, 0.25) is 0 Å². The largest absolute Gasteiger partial charge is 0.348 e. The quantitative estimate of drug-likeness (QED) is 0.694. The first kappa shape index (κ1) is 23.1. The Labute approximate surface area is 206 Å². The van der Waals surface area contributed by atoms with Crippen molar-refractivity contribution in [1.82, 2.24) is 14.8 Å². The van der Waals surface area contributed by atoms with Gasteiger partial charge in [0.05, 0.1) is 5.69 Å². The van der Waals surface area contributed by atoms with Crippen molar-refractivity contribution in [3.05, 3.63) is 40.4 Å². The summed E-state index contributed by atoms with van der Waals surface area (Å²) in [5.74, 6) is 1.22. The predicted molar refractivity (Wildman–Crippen MR) is 137 cm³/mol. The SMILES string of the molecule is Cc1nc(N2CCC(N3CCc4ccccc4NC3=O)CC2)sc1C(=O)N1CC(C)CC(C)C1. The van der Waals surface area contributed by atoms with Crippen LogP contribution in [0.4, 0.5) is 15.6 Å². The van der Waals surface area contributed by atoms with E-state index < -0.39 is 0 Å². The molecule has 0 aliphatic carbocycles. The molecule has 2 aromatic rings. The summed E-state index contributed by atoms with van der Waals surface area (Å²) in [7, 11) is 0. The fourth-order valence-electron chi connectivity index (χ4n) is 5.80. The number of nitrogens with one attached hydrogen (secondary N) is 1. The van der Waals surface area contributed by atoms with Gasteiger partial charge < -0.3 is 20.0 Å². The maximum Gasteiger partial charge on any atom is 0.322 e. The highest BCUT2D eigenvalue weighted by Crippen LogP contribution is 2.32. The van der Waals surface area contributed by atoms with Gasteiger partial charge in [0, 0.05) is 44.5 Å². The zero-order valence-electron chi connectivity index (χ0n) is 20.4. The average Bonchev–Trinajstić information content (AvgIpc) is 3.12. The summed E-state index contributed by atoms with van der Waals surface area (Å²) >= 11 is 1.53. The van der Waals surface area contributed by atoms with Gasteiger partial charge in [-0.1, -0.05) is 43.4 Å². The summed E-state index contributed by atoms with van der Waals surface area (Å²) in [6.07, 6.45) is 3.88. The smallest absolute Gasteiger partial charge is 0.322 e. The Morgan fingerprint density at radius 2 is 1.79 bits per heavy atom. The van der Waals surface area contributed by atoms with Crippen LogP contribution < -0.4 is 10.2 Å². The highest BCUT2D eigenvalue weighted by Gasteiger charge is 2.32. The molecule has 34 heavy (non-hydrogen) atoms. The Balaban J connectivity index is 1.22. The molecule has 5 rings (SSSR count). The lowest BCUT2D eigenvalue weighted by Crippen LogP contribution is -2.48. The van der Waals surface area contributed by atoms with Crippen LogP contribution in [0.25, 0.3) is 0 Å². The Hall–Kier alpha value is -2.61. The van der Waals surface area contributed by atoms with Gasteiger partial charge >= 0.3 is 6.03 Å². The fraction of sp³-hybridized carbons (Fsp3) is 0.577. The van der Waals surface area contributed by atoms with E-state index >= 15 is 0 Å². The molecular formula is C26H35N5O2S. The summed E-state index contributed by atoms with van der Waals surface area (Å²) in [5, 5.41) is 4.03. The van der Waals surface area contributed by atoms with Crippen LogP contribution in [0.5, 0.6) is 0 Å². The number of nitrogens with zero attached hydrogens (tertiary/aromatic N) is 4. The zero-order chi connectivity index (χ0) is 23.8. The van der Waals surface area contributed by atoms with Crippen molar-refractivity contribution in [2.45, 2.75) is 52.5 Å². The van der Waals surface area contributed by atoms with E-state index in [-0.39, 0.29) is 18.0 Å². The lowest BCUT2D eigenvalue weighted by molar-refractivity contribution is 0.0627. The Bertz CT molecular complexity index is 1050. The minimum absolute atomic E-state index is 0.00589. The molecule has 182 valence electrons. The summed E-state index contributed by atoms with van der Waals surface area (Å²) in [6.45, 7) is 10.5. The van der Waals surface area contributed by atoms with Gasteiger partial charge in [0.25, 0.3) is 5.91 Å². The van der Waals surface area contributed by atoms with Crippen LogP contribution in [0.2, 0.25) is 0 Å². The van der Waals surface area contributed by atoms with Crippen LogP contribution in [0.15, 0.2) is 24.3 Å². The molecule has 3 aliphatic rings. The van der Waals surface area contributed by atoms with Gasteiger partial charge in [-0.05, 0) is 56.1 Å². The van der Waals surface area contributed by atoms with Crippen LogP contribution in [0.1, 0.15) is 54.0 Å². The zero-order valence-corrected chi connectivity index (χ0v) is 21.2. The average molecular weight is 482 g/mol. The molecule has 2 atom stereocenters. The number of piperidine rings is 2. The van der Waals surface area contributed by atoms with Crippen molar-refractivity contribution < 1.29 is 9.59 Å². The molecule has 8 heteroatoms. The highest BCUT2D eigenvalue weighted by molar-refractivity contribution is 7.17. The van der Waals surface area contributed by atoms with Crippen molar-refractivity contribution in [2.24, 2.45) is 11.8 Å². The number of fused-ring (bicyclic) bond motifs is 1. The lowest BCUT2D eigenvalue weighted by atomic mass is 9.92. The van der Waals surface area contributed by atoms with Crippen molar-refractivity contribution >= 4 is 34.1 Å². The van der Waals surface area contributed by atoms with Gasteiger partial charge in [-0.25, -0.2) is 9.78 Å². The maximum absolute atomic E-state index is 13.3. The van der Waals surface area contributed by atoms with E-state index in [9.17, 15) is 9.59 Å². The number of carbonyl (C=O) groups is 2. The first-order chi connectivity index (χ1) is 16.4. The molecule has 2 fully saturated rings. The van der Waals surface area contributed by atoms with Crippen molar-refractivity contribution in [1.29, 1.82) is 0 Å². The molecule has 2 unspecified atom stereocenters. The number of para-hydroxylation sites is 1. The molecule has 0 radical (unpaired) electrons. The molecule has 3 amide bonds. The van der Waals surface area contributed by atoms with E-state index in [0.29, 0.717) is 11.8 Å². The van der Waals surface area contributed by atoms with E-state index in [2.05, 4.69) is 30.1 Å². The van der Waals surface area contributed by atoms with E-state index in [0.717, 1.165) is 73.4 Å². The molecule has 3 aliphatic heterocycles. The van der Waals surface area contributed by atoms with Crippen LogP contribution >= 0.6 is 11.3 Å². The molecule has 1 aromatic carbocycles. The van der Waals surface area contributed by atoms with E-state index in [1.54, 1.807) is 0 Å². The highest BCUT2D eigenvalue weighted by atomic mass is 32.1.